The summed E-state index contributed by atoms with van der Waals surface area (Å²) >= 11 is 0. The van der Waals surface area contributed by atoms with Crippen molar-refractivity contribution in [1.29, 1.82) is 0 Å². The minimum Gasteiger partial charge on any atom is -0.374 e. The molecule has 18 heavy (non-hydrogen) atoms. The van der Waals surface area contributed by atoms with Crippen molar-refractivity contribution in [3.05, 3.63) is 37.5 Å². The molecule has 1 rings (SSSR count). The molecule has 2 heteroatoms. The summed E-state index contributed by atoms with van der Waals surface area (Å²) in [5, 5.41) is 0. The Balaban J connectivity index is -0.000000229. The molecule has 0 bridgehead atoms. The van der Waals surface area contributed by atoms with Gasteiger partial charge < -0.3 is 9.47 Å². The predicted molar refractivity (Wildman–Crippen MR) is 83.1 cm³/mol. The normalized spacial score (nSPS) is 18.2. The van der Waals surface area contributed by atoms with Gasteiger partial charge >= 0.3 is 0 Å². The number of hydrogen-bond donors (Lipinski definition) is 0. The number of ether oxygens (including phenoxy) is 2. The standard InChI is InChI=1S/C8H14O.C6H10O.2CH4/c1-4-6-8(3)9-7-5-2;1-6-4-2-3-5-7-6;;/h4-5,8H,1-2,6-7H2,3H3;2-3,6H,4-5H2,1H3;2*1H4/t8-;6-;;/m00../s1. The van der Waals surface area contributed by atoms with Crippen molar-refractivity contribution in [2.75, 3.05) is 13.2 Å². The van der Waals surface area contributed by atoms with Crippen LogP contribution < -0.4 is 0 Å². The van der Waals surface area contributed by atoms with Gasteiger partial charge in [-0.05, 0) is 26.7 Å². The third-order valence-corrected chi connectivity index (χ3v) is 2.11. The molecular formula is C16H32O2. The maximum atomic E-state index is 5.24. The summed E-state index contributed by atoms with van der Waals surface area (Å²) < 4.78 is 10.4. The highest BCUT2D eigenvalue weighted by molar-refractivity contribution is 4.87. The highest BCUT2D eigenvalue weighted by Crippen LogP contribution is 2.03. The van der Waals surface area contributed by atoms with Crippen LogP contribution in [0.1, 0.15) is 41.5 Å². The van der Waals surface area contributed by atoms with Crippen molar-refractivity contribution in [3.8, 4) is 0 Å². The van der Waals surface area contributed by atoms with E-state index in [4.69, 9.17) is 9.47 Å². The van der Waals surface area contributed by atoms with E-state index in [1.807, 2.05) is 13.0 Å². The molecule has 2 atom stereocenters. The molecule has 0 spiro atoms. The minimum atomic E-state index is 0. The molecule has 0 unspecified atom stereocenters. The average molecular weight is 256 g/mol. The number of hydrogen-bond acceptors (Lipinski definition) is 2. The summed E-state index contributed by atoms with van der Waals surface area (Å²) in [6, 6.07) is 0. The summed E-state index contributed by atoms with van der Waals surface area (Å²) in [5.74, 6) is 0. The summed E-state index contributed by atoms with van der Waals surface area (Å²) in [6.07, 6.45) is 10.5. The largest absolute Gasteiger partial charge is 0.374 e. The average Bonchev–Trinajstić information content (AvgIpc) is 2.29. The first-order valence-electron chi connectivity index (χ1n) is 5.80. The highest BCUT2D eigenvalue weighted by Gasteiger charge is 2.00. The molecule has 1 aliphatic rings. The molecule has 0 fully saturated rings. The Hall–Kier alpha value is -0.860. The lowest BCUT2D eigenvalue weighted by Gasteiger charge is -2.12. The SMILES string of the molecule is C.C.C=CCO[C@@H](C)CC=C.C[C@H]1CC=CCO1. The van der Waals surface area contributed by atoms with Gasteiger partial charge in [0.05, 0.1) is 25.4 Å². The third-order valence-electron chi connectivity index (χ3n) is 2.11. The van der Waals surface area contributed by atoms with Gasteiger partial charge in [-0.3, -0.25) is 0 Å². The van der Waals surface area contributed by atoms with Gasteiger partial charge in [0.25, 0.3) is 0 Å². The minimum absolute atomic E-state index is 0. The fourth-order valence-electron chi connectivity index (χ4n) is 1.18. The van der Waals surface area contributed by atoms with Crippen LogP contribution in [0.25, 0.3) is 0 Å². The topological polar surface area (TPSA) is 18.5 Å². The zero-order chi connectivity index (χ0) is 12.2. The van der Waals surface area contributed by atoms with Crippen LogP contribution in [0.3, 0.4) is 0 Å². The summed E-state index contributed by atoms with van der Waals surface area (Å²) in [5.41, 5.74) is 0. The fraction of sp³-hybridized carbons (Fsp3) is 0.625. The molecular weight excluding hydrogens is 224 g/mol. The van der Waals surface area contributed by atoms with Gasteiger partial charge in [0, 0.05) is 0 Å². The van der Waals surface area contributed by atoms with Crippen LogP contribution in [0.5, 0.6) is 0 Å². The van der Waals surface area contributed by atoms with E-state index in [1.54, 1.807) is 6.08 Å². The van der Waals surface area contributed by atoms with E-state index in [0.29, 0.717) is 12.7 Å². The summed E-state index contributed by atoms with van der Waals surface area (Å²) in [4.78, 5) is 0. The second-order valence-electron chi connectivity index (χ2n) is 3.81. The molecule has 0 radical (unpaired) electrons. The Morgan fingerprint density at radius 1 is 1.33 bits per heavy atom. The van der Waals surface area contributed by atoms with Crippen LogP contribution in [-0.4, -0.2) is 25.4 Å². The lowest BCUT2D eigenvalue weighted by atomic mass is 10.2. The van der Waals surface area contributed by atoms with E-state index in [2.05, 4.69) is 32.2 Å². The summed E-state index contributed by atoms with van der Waals surface area (Å²) in [7, 11) is 0. The van der Waals surface area contributed by atoms with E-state index in [9.17, 15) is 0 Å². The van der Waals surface area contributed by atoms with Gasteiger partial charge in [0.2, 0.25) is 0 Å². The van der Waals surface area contributed by atoms with Crippen molar-refractivity contribution in [3.63, 3.8) is 0 Å². The molecule has 0 aromatic rings. The van der Waals surface area contributed by atoms with E-state index in [1.165, 1.54) is 0 Å². The van der Waals surface area contributed by atoms with Gasteiger partial charge in [-0.15, -0.1) is 13.2 Å². The molecule has 0 aromatic heterocycles. The van der Waals surface area contributed by atoms with Crippen LogP contribution in [0, 0.1) is 0 Å². The second kappa shape index (κ2) is 16.1. The zero-order valence-corrected chi connectivity index (χ0v) is 10.5. The molecule has 108 valence electrons. The fourth-order valence-corrected chi connectivity index (χ4v) is 1.18. The van der Waals surface area contributed by atoms with E-state index >= 15 is 0 Å². The van der Waals surface area contributed by atoms with Crippen molar-refractivity contribution in [2.24, 2.45) is 0 Å². The van der Waals surface area contributed by atoms with Gasteiger partial charge in [-0.1, -0.05) is 39.2 Å². The molecule has 0 amide bonds. The third kappa shape index (κ3) is 15.1. The van der Waals surface area contributed by atoms with Gasteiger partial charge in [0.1, 0.15) is 0 Å². The second-order valence-corrected chi connectivity index (χ2v) is 3.81. The molecule has 0 aliphatic carbocycles. The maximum absolute atomic E-state index is 5.24. The van der Waals surface area contributed by atoms with Crippen molar-refractivity contribution >= 4 is 0 Å². The maximum Gasteiger partial charge on any atom is 0.0651 e. The Labute approximate surface area is 114 Å². The zero-order valence-electron chi connectivity index (χ0n) is 10.5. The van der Waals surface area contributed by atoms with E-state index in [0.717, 1.165) is 19.4 Å². The van der Waals surface area contributed by atoms with Crippen molar-refractivity contribution in [2.45, 2.75) is 53.8 Å². The smallest absolute Gasteiger partial charge is 0.0651 e. The van der Waals surface area contributed by atoms with Crippen molar-refractivity contribution < 1.29 is 9.47 Å². The Morgan fingerprint density at radius 3 is 2.33 bits per heavy atom. The molecule has 0 N–H and O–H groups in total. The Kier molecular flexibility index (Phi) is 20.0. The molecule has 0 aromatic carbocycles. The van der Waals surface area contributed by atoms with Crippen LogP contribution in [0.4, 0.5) is 0 Å². The Bertz CT molecular complexity index is 209. The van der Waals surface area contributed by atoms with E-state index in [-0.39, 0.29) is 21.0 Å². The van der Waals surface area contributed by atoms with Crippen LogP contribution >= 0.6 is 0 Å². The predicted octanol–water partition coefficient (Wildman–Crippen LogP) is 4.78. The van der Waals surface area contributed by atoms with Crippen LogP contribution in [0.2, 0.25) is 0 Å². The monoisotopic (exact) mass is 256 g/mol. The first-order valence-corrected chi connectivity index (χ1v) is 5.80. The van der Waals surface area contributed by atoms with Crippen molar-refractivity contribution in [1.82, 2.24) is 0 Å². The Morgan fingerprint density at radius 2 is 2.00 bits per heavy atom. The lowest BCUT2D eigenvalue weighted by Crippen LogP contribution is -2.09. The molecule has 0 saturated heterocycles. The van der Waals surface area contributed by atoms with Crippen LogP contribution in [-0.2, 0) is 9.47 Å². The van der Waals surface area contributed by atoms with Gasteiger partial charge in [-0.2, -0.15) is 0 Å². The van der Waals surface area contributed by atoms with E-state index < -0.39 is 0 Å². The summed E-state index contributed by atoms with van der Waals surface area (Å²) in [6.45, 7) is 12.7. The molecule has 1 aliphatic heterocycles. The van der Waals surface area contributed by atoms with Gasteiger partial charge in [0.15, 0.2) is 0 Å². The van der Waals surface area contributed by atoms with Gasteiger partial charge in [-0.25, -0.2) is 0 Å². The quantitative estimate of drug-likeness (QED) is 0.659. The molecule has 2 nitrogen and oxygen atoms in total. The number of rotatable bonds is 5. The molecule has 0 saturated carbocycles. The lowest BCUT2D eigenvalue weighted by molar-refractivity contribution is 0.0820. The van der Waals surface area contributed by atoms with Crippen LogP contribution in [0.15, 0.2) is 37.5 Å². The highest BCUT2D eigenvalue weighted by atomic mass is 16.5. The first kappa shape index (κ1) is 22.3. The first-order chi connectivity index (χ1) is 7.70. The molecule has 1 heterocycles.